The van der Waals surface area contributed by atoms with Gasteiger partial charge in [0.2, 0.25) is 0 Å². The lowest BCUT2D eigenvalue weighted by molar-refractivity contribution is 0.0759. The lowest BCUT2D eigenvalue weighted by Crippen LogP contribution is -2.36. The van der Waals surface area contributed by atoms with Crippen LogP contribution in [-0.2, 0) is 0 Å². The van der Waals surface area contributed by atoms with Crippen LogP contribution in [0.4, 0.5) is 5.69 Å². The normalized spacial score (nSPS) is 21.5. The Labute approximate surface area is 154 Å². The van der Waals surface area contributed by atoms with Gasteiger partial charge in [-0.05, 0) is 44.0 Å². The number of aromatic nitrogens is 2. The Hall–Kier alpha value is -2.34. The minimum absolute atomic E-state index is 0.0578. The molecule has 0 saturated carbocycles. The molecule has 1 unspecified atom stereocenters. The molecule has 26 heavy (non-hydrogen) atoms. The molecule has 1 aromatic carbocycles. The zero-order chi connectivity index (χ0) is 17.8. The number of hydrogen-bond donors (Lipinski definition) is 1. The molecule has 1 amide bonds. The average molecular weight is 353 g/mol. The Balaban J connectivity index is 1.40. The number of nitrogens with zero attached hydrogens (tertiary/aromatic N) is 4. The second kappa shape index (κ2) is 7.91. The van der Waals surface area contributed by atoms with Crippen LogP contribution < -0.4 is 10.2 Å². The van der Waals surface area contributed by atoms with Crippen LogP contribution in [0.3, 0.4) is 0 Å². The van der Waals surface area contributed by atoms with E-state index in [1.165, 1.54) is 5.69 Å². The maximum absolute atomic E-state index is 12.9. The summed E-state index contributed by atoms with van der Waals surface area (Å²) in [4.78, 5) is 17.2. The molecule has 0 aliphatic carbocycles. The third-order valence-electron chi connectivity index (χ3n) is 5.38. The van der Waals surface area contributed by atoms with E-state index in [0.29, 0.717) is 11.7 Å². The molecule has 138 valence electrons. The van der Waals surface area contributed by atoms with E-state index in [9.17, 15) is 4.79 Å². The maximum atomic E-state index is 12.9. The monoisotopic (exact) mass is 353 g/mol. The highest BCUT2D eigenvalue weighted by atomic mass is 16.2. The second-order valence-electron chi connectivity index (χ2n) is 7.15. The van der Waals surface area contributed by atoms with Gasteiger partial charge in [0.25, 0.3) is 5.91 Å². The lowest BCUT2D eigenvalue weighted by Gasteiger charge is -2.24. The Bertz CT molecular complexity index is 723. The molecule has 6 heteroatoms. The number of carbonyl (C=O) groups is 1. The van der Waals surface area contributed by atoms with Gasteiger partial charge in [-0.1, -0.05) is 18.2 Å². The molecule has 2 aliphatic heterocycles. The maximum Gasteiger partial charge on any atom is 0.274 e. The van der Waals surface area contributed by atoms with Crippen molar-refractivity contribution in [3.63, 3.8) is 0 Å². The Morgan fingerprint density at radius 1 is 1.04 bits per heavy atom. The molecule has 6 nitrogen and oxygen atoms in total. The van der Waals surface area contributed by atoms with Crippen LogP contribution in [0.2, 0.25) is 0 Å². The molecule has 0 bridgehead atoms. The fourth-order valence-electron chi connectivity index (χ4n) is 3.89. The molecular formula is C20H27N5O. The highest BCUT2D eigenvalue weighted by Crippen LogP contribution is 2.18. The Kier molecular flexibility index (Phi) is 5.20. The molecule has 1 aromatic heterocycles. The van der Waals surface area contributed by atoms with E-state index >= 15 is 0 Å². The van der Waals surface area contributed by atoms with Crippen LogP contribution in [0.5, 0.6) is 0 Å². The number of para-hydroxylation sites is 1. The standard InChI is InChI=1S/C20H27N5O/c26-20(19-9-13-25(22-19)18-8-4-10-21-16-18)24-12-5-11-23(14-15-24)17-6-2-1-3-7-17/h1-3,6-7,9,13,18,21H,4-5,8,10-12,14-16H2. The van der Waals surface area contributed by atoms with Crippen LogP contribution in [-0.4, -0.2) is 59.9 Å². The average Bonchev–Trinajstić information content (AvgIpc) is 3.07. The van der Waals surface area contributed by atoms with E-state index in [1.54, 1.807) is 0 Å². The van der Waals surface area contributed by atoms with Crippen molar-refractivity contribution in [1.82, 2.24) is 20.0 Å². The highest BCUT2D eigenvalue weighted by Gasteiger charge is 2.23. The first-order valence-corrected chi connectivity index (χ1v) is 9.66. The molecular weight excluding hydrogens is 326 g/mol. The van der Waals surface area contributed by atoms with Crippen LogP contribution in [0.25, 0.3) is 0 Å². The van der Waals surface area contributed by atoms with Gasteiger partial charge in [-0.25, -0.2) is 0 Å². The molecule has 4 rings (SSSR count). The number of amides is 1. The van der Waals surface area contributed by atoms with Gasteiger partial charge in [-0.15, -0.1) is 0 Å². The molecule has 0 spiro atoms. The van der Waals surface area contributed by atoms with Crippen LogP contribution >= 0.6 is 0 Å². The summed E-state index contributed by atoms with van der Waals surface area (Å²) >= 11 is 0. The third-order valence-corrected chi connectivity index (χ3v) is 5.38. The molecule has 2 fully saturated rings. The van der Waals surface area contributed by atoms with Crippen LogP contribution in [0.1, 0.15) is 35.8 Å². The zero-order valence-corrected chi connectivity index (χ0v) is 15.2. The third kappa shape index (κ3) is 3.75. The largest absolute Gasteiger partial charge is 0.370 e. The molecule has 2 aromatic rings. The smallest absolute Gasteiger partial charge is 0.274 e. The minimum Gasteiger partial charge on any atom is -0.370 e. The van der Waals surface area contributed by atoms with Gasteiger partial charge < -0.3 is 15.1 Å². The Morgan fingerprint density at radius 3 is 2.73 bits per heavy atom. The van der Waals surface area contributed by atoms with Crippen molar-refractivity contribution in [2.45, 2.75) is 25.3 Å². The first-order valence-electron chi connectivity index (χ1n) is 9.66. The summed E-state index contributed by atoms with van der Waals surface area (Å²) in [5, 5.41) is 7.99. The first kappa shape index (κ1) is 17.1. The van der Waals surface area contributed by atoms with Crippen molar-refractivity contribution in [3.8, 4) is 0 Å². The summed E-state index contributed by atoms with van der Waals surface area (Å²) in [5.74, 6) is 0.0578. The Morgan fingerprint density at radius 2 is 1.92 bits per heavy atom. The van der Waals surface area contributed by atoms with Crippen molar-refractivity contribution in [2.75, 3.05) is 44.2 Å². The molecule has 1 N–H and O–H groups in total. The van der Waals surface area contributed by atoms with Crippen molar-refractivity contribution >= 4 is 11.6 Å². The van der Waals surface area contributed by atoms with E-state index in [2.05, 4.69) is 39.6 Å². The van der Waals surface area contributed by atoms with E-state index in [0.717, 1.165) is 58.5 Å². The highest BCUT2D eigenvalue weighted by molar-refractivity contribution is 5.92. The summed E-state index contributed by atoms with van der Waals surface area (Å²) in [6.07, 6.45) is 5.22. The molecule has 2 aliphatic rings. The molecule has 3 heterocycles. The number of hydrogen-bond acceptors (Lipinski definition) is 4. The summed E-state index contributed by atoms with van der Waals surface area (Å²) in [6, 6.07) is 12.7. The summed E-state index contributed by atoms with van der Waals surface area (Å²) in [7, 11) is 0. The number of anilines is 1. The SMILES string of the molecule is O=C(c1ccn(C2CCCNC2)n1)N1CCCN(c2ccccc2)CC1. The summed E-state index contributed by atoms with van der Waals surface area (Å²) in [6.45, 7) is 5.39. The van der Waals surface area contributed by atoms with Crippen LogP contribution in [0, 0.1) is 0 Å². The molecule has 2 saturated heterocycles. The van der Waals surface area contributed by atoms with Crippen molar-refractivity contribution in [3.05, 3.63) is 48.3 Å². The quantitative estimate of drug-likeness (QED) is 0.919. The fourth-order valence-corrected chi connectivity index (χ4v) is 3.89. The topological polar surface area (TPSA) is 53.4 Å². The predicted molar refractivity (Wildman–Crippen MR) is 103 cm³/mol. The first-order chi connectivity index (χ1) is 12.8. The number of benzene rings is 1. The van der Waals surface area contributed by atoms with Crippen LogP contribution in [0.15, 0.2) is 42.6 Å². The van der Waals surface area contributed by atoms with Gasteiger partial charge in [0.05, 0.1) is 6.04 Å². The number of nitrogens with one attached hydrogen (secondary N) is 1. The van der Waals surface area contributed by atoms with E-state index in [4.69, 9.17) is 0 Å². The second-order valence-corrected chi connectivity index (χ2v) is 7.15. The fraction of sp³-hybridized carbons (Fsp3) is 0.500. The van der Waals surface area contributed by atoms with Gasteiger partial charge in [-0.2, -0.15) is 5.10 Å². The van der Waals surface area contributed by atoms with Crippen molar-refractivity contribution < 1.29 is 4.79 Å². The van der Waals surface area contributed by atoms with Crippen molar-refractivity contribution in [2.24, 2.45) is 0 Å². The van der Waals surface area contributed by atoms with Gasteiger partial charge in [0.15, 0.2) is 0 Å². The van der Waals surface area contributed by atoms with Gasteiger partial charge in [0, 0.05) is 44.6 Å². The minimum atomic E-state index is 0.0578. The summed E-state index contributed by atoms with van der Waals surface area (Å²) < 4.78 is 1.97. The number of rotatable bonds is 3. The van der Waals surface area contributed by atoms with E-state index < -0.39 is 0 Å². The number of carbonyl (C=O) groups excluding carboxylic acids is 1. The molecule has 1 atom stereocenters. The lowest BCUT2D eigenvalue weighted by atomic mass is 10.1. The van der Waals surface area contributed by atoms with E-state index in [1.807, 2.05) is 27.9 Å². The van der Waals surface area contributed by atoms with Gasteiger partial charge >= 0.3 is 0 Å². The van der Waals surface area contributed by atoms with Crippen molar-refractivity contribution in [1.29, 1.82) is 0 Å². The number of piperidine rings is 1. The van der Waals surface area contributed by atoms with Gasteiger partial charge in [-0.3, -0.25) is 9.48 Å². The van der Waals surface area contributed by atoms with E-state index in [-0.39, 0.29) is 5.91 Å². The zero-order valence-electron chi connectivity index (χ0n) is 15.2. The molecule has 0 radical (unpaired) electrons. The predicted octanol–water partition coefficient (Wildman–Crippen LogP) is 2.16. The summed E-state index contributed by atoms with van der Waals surface area (Å²) in [5.41, 5.74) is 1.81. The van der Waals surface area contributed by atoms with Gasteiger partial charge in [0.1, 0.15) is 5.69 Å².